The fraction of sp³-hybridized carbons (Fsp3) is 1.00. The highest BCUT2D eigenvalue weighted by Crippen LogP contribution is 2.34. The highest BCUT2D eigenvalue weighted by Gasteiger charge is 2.36. The Hall–Kier alpha value is 0.0700. The normalized spacial score (nSPS) is 25.1. The Labute approximate surface area is 95.4 Å². The lowest BCUT2D eigenvalue weighted by Crippen LogP contribution is -2.46. The van der Waals surface area contributed by atoms with Crippen molar-refractivity contribution in [3.8, 4) is 0 Å². The van der Waals surface area contributed by atoms with Gasteiger partial charge in [-0.25, -0.2) is 8.51 Å². The van der Waals surface area contributed by atoms with Crippen molar-refractivity contribution in [1.29, 1.82) is 0 Å². The summed E-state index contributed by atoms with van der Waals surface area (Å²) < 4.78 is 13.2. The van der Waals surface area contributed by atoms with Gasteiger partial charge < -0.3 is 5.11 Å². The average Bonchev–Trinajstić information content (AvgIpc) is 2.00. The first-order valence-corrected chi connectivity index (χ1v) is 7.04. The van der Waals surface area contributed by atoms with Crippen LogP contribution in [0.1, 0.15) is 40.0 Å². The first-order chi connectivity index (χ1) is 6.72. The molecule has 0 bridgehead atoms. The molecule has 1 heterocycles. The summed E-state index contributed by atoms with van der Waals surface area (Å²) in [6.45, 7) is 7.94. The summed E-state index contributed by atoms with van der Waals surface area (Å²) in [5.41, 5.74) is -0.392. The summed E-state index contributed by atoms with van der Waals surface area (Å²) in [5.74, 6) is 0. The molecule has 0 saturated carbocycles. The fourth-order valence-electron chi connectivity index (χ4n) is 2.32. The molecule has 3 nitrogen and oxygen atoms in total. The van der Waals surface area contributed by atoms with Crippen LogP contribution in [0, 0.1) is 5.41 Å². The number of aliphatic hydroxyl groups is 1. The Morgan fingerprint density at radius 1 is 1.33 bits per heavy atom. The van der Waals surface area contributed by atoms with Gasteiger partial charge in [0.1, 0.15) is 0 Å². The monoisotopic (exact) mass is 233 g/mol. The lowest BCUT2D eigenvalue weighted by Gasteiger charge is -2.40. The van der Waals surface area contributed by atoms with E-state index in [0.29, 0.717) is 0 Å². The zero-order chi connectivity index (χ0) is 11.7. The molecule has 0 amide bonds. The maximum Gasteiger partial charge on any atom is 0.0910 e. The van der Waals surface area contributed by atoms with E-state index in [2.05, 4.69) is 20.8 Å². The van der Waals surface area contributed by atoms with Gasteiger partial charge in [0.2, 0.25) is 0 Å². The lowest BCUT2D eigenvalue weighted by molar-refractivity contribution is -0.0351. The third-order valence-corrected chi connectivity index (χ3v) is 3.97. The number of nitrogens with zero attached hydrogens (tertiary/aromatic N) is 1. The molecular weight excluding hydrogens is 210 g/mol. The quantitative estimate of drug-likeness (QED) is 0.786. The highest BCUT2D eigenvalue weighted by atomic mass is 32.2. The van der Waals surface area contributed by atoms with E-state index in [-0.39, 0.29) is 5.41 Å². The first-order valence-electron chi connectivity index (χ1n) is 5.53. The van der Waals surface area contributed by atoms with E-state index in [0.717, 1.165) is 32.4 Å². The number of rotatable bonds is 2. The highest BCUT2D eigenvalue weighted by molar-refractivity contribution is 7.81. The largest absolute Gasteiger partial charge is 0.390 e. The van der Waals surface area contributed by atoms with Crippen LogP contribution < -0.4 is 0 Å². The second-order valence-electron chi connectivity index (χ2n) is 5.81. The fourth-order valence-corrected chi connectivity index (χ4v) is 3.02. The van der Waals surface area contributed by atoms with Crippen LogP contribution in [0.5, 0.6) is 0 Å². The third kappa shape index (κ3) is 4.21. The number of hydrogen-bond acceptors (Lipinski definition) is 2. The van der Waals surface area contributed by atoms with E-state index in [9.17, 15) is 9.32 Å². The summed E-state index contributed by atoms with van der Waals surface area (Å²) >= 11 is 0. The van der Waals surface area contributed by atoms with Gasteiger partial charge in [-0.15, -0.1) is 0 Å². The molecule has 0 aromatic heterocycles. The number of hydrogen-bond donors (Lipinski definition) is 1. The summed E-state index contributed by atoms with van der Waals surface area (Å²) in [6.07, 6.45) is 4.01. The minimum atomic E-state index is -0.886. The van der Waals surface area contributed by atoms with Crippen molar-refractivity contribution < 1.29 is 9.32 Å². The summed E-state index contributed by atoms with van der Waals surface area (Å²) in [6, 6.07) is 0. The van der Waals surface area contributed by atoms with Crippen molar-refractivity contribution in [1.82, 2.24) is 4.31 Å². The van der Waals surface area contributed by atoms with Crippen LogP contribution >= 0.6 is 0 Å². The Balaban J connectivity index is 2.51. The molecule has 4 heteroatoms. The molecule has 1 atom stereocenters. The van der Waals surface area contributed by atoms with Gasteiger partial charge in [0.15, 0.2) is 0 Å². The van der Waals surface area contributed by atoms with Crippen LogP contribution in [0.2, 0.25) is 0 Å². The topological polar surface area (TPSA) is 40.5 Å². The standard InChI is InChI=1S/C11H23NO2S/c1-10(2,3)9-11(13)5-7-12(8-6-11)15(4)14/h13H,5-9H2,1-4H3. The number of piperidine rings is 1. The average molecular weight is 233 g/mol. The van der Waals surface area contributed by atoms with Crippen molar-refractivity contribution >= 4 is 11.0 Å². The Morgan fingerprint density at radius 2 is 1.80 bits per heavy atom. The van der Waals surface area contributed by atoms with Crippen molar-refractivity contribution in [2.75, 3.05) is 19.3 Å². The summed E-state index contributed by atoms with van der Waals surface area (Å²) in [5, 5.41) is 10.4. The molecule has 0 aliphatic carbocycles. The van der Waals surface area contributed by atoms with Crippen LogP contribution in [-0.4, -0.2) is 38.6 Å². The molecule has 0 radical (unpaired) electrons. The van der Waals surface area contributed by atoms with Crippen LogP contribution in [0.15, 0.2) is 0 Å². The van der Waals surface area contributed by atoms with Gasteiger partial charge in [-0.1, -0.05) is 20.8 Å². The van der Waals surface area contributed by atoms with Gasteiger partial charge in [0.25, 0.3) is 0 Å². The second-order valence-corrected chi connectivity index (χ2v) is 7.18. The molecule has 15 heavy (non-hydrogen) atoms. The second kappa shape index (κ2) is 4.52. The molecule has 1 N–H and O–H groups in total. The van der Waals surface area contributed by atoms with Crippen molar-refractivity contribution in [2.45, 2.75) is 45.6 Å². The van der Waals surface area contributed by atoms with Crippen LogP contribution in [-0.2, 0) is 11.0 Å². The van der Waals surface area contributed by atoms with Crippen molar-refractivity contribution in [3.05, 3.63) is 0 Å². The Kier molecular flexibility index (Phi) is 3.95. The molecule has 0 aromatic rings. The van der Waals surface area contributed by atoms with E-state index < -0.39 is 16.6 Å². The summed E-state index contributed by atoms with van der Waals surface area (Å²) in [4.78, 5) is 0. The van der Waals surface area contributed by atoms with Gasteiger partial charge in [0, 0.05) is 19.3 Å². The molecule has 1 aliphatic heterocycles. The Bertz CT molecular complexity index is 239. The van der Waals surface area contributed by atoms with E-state index in [1.165, 1.54) is 0 Å². The molecule has 1 saturated heterocycles. The Morgan fingerprint density at radius 3 is 2.13 bits per heavy atom. The SMILES string of the molecule is CS(=O)N1CCC(O)(CC(C)(C)C)CC1. The lowest BCUT2D eigenvalue weighted by atomic mass is 9.77. The van der Waals surface area contributed by atoms with Crippen LogP contribution in [0.3, 0.4) is 0 Å². The third-order valence-electron chi connectivity index (χ3n) is 2.88. The zero-order valence-electron chi connectivity index (χ0n) is 10.2. The van der Waals surface area contributed by atoms with E-state index in [1.807, 2.05) is 4.31 Å². The minimum Gasteiger partial charge on any atom is -0.390 e. The van der Waals surface area contributed by atoms with Crippen LogP contribution in [0.25, 0.3) is 0 Å². The van der Waals surface area contributed by atoms with E-state index >= 15 is 0 Å². The van der Waals surface area contributed by atoms with Gasteiger partial charge in [-0.3, -0.25) is 0 Å². The minimum absolute atomic E-state index is 0.155. The van der Waals surface area contributed by atoms with Gasteiger partial charge >= 0.3 is 0 Å². The van der Waals surface area contributed by atoms with Gasteiger partial charge in [-0.05, 0) is 24.7 Å². The van der Waals surface area contributed by atoms with Crippen molar-refractivity contribution in [2.24, 2.45) is 5.41 Å². The maximum atomic E-state index is 11.3. The molecular formula is C11H23NO2S. The van der Waals surface area contributed by atoms with Crippen molar-refractivity contribution in [3.63, 3.8) is 0 Å². The van der Waals surface area contributed by atoms with E-state index in [1.54, 1.807) is 6.26 Å². The molecule has 1 fully saturated rings. The first kappa shape index (κ1) is 13.1. The molecule has 1 unspecified atom stereocenters. The zero-order valence-corrected chi connectivity index (χ0v) is 11.1. The molecule has 0 aromatic carbocycles. The van der Waals surface area contributed by atoms with Gasteiger partial charge in [-0.2, -0.15) is 0 Å². The molecule has 1 rings (SSSR count). The summed E-state index contributed by atoms with van der Waals surface area (Å²) in [7, 11) is -0.886. The predicted molar refractivity (Wildman–Crippen MR) is 63.9 cm³/mol. The predicted octanol–water partition coefficient (Wildman–Crippen LogP) is 1.54. The molecule has 1 aliphatic rings. The molecule has 0 spiro atoms. The molecule has 90 valence electrons. The maximum absolute atomic E-state index is 11.3. The van der Waals surface area contributed by atoms with E-state index in [4.69, 9.17) is 0 Å². The smallest absolute Gasteiger partial charge is 0.0910 e. The van der Waals surface area contributed by atoms with Crippen LogP contribution in [0.4, 0.5) is 0 Å². The van der Waals surface area contributed by atoms with Gasteiger partial charge in [0.05, 0.1) is 16.6 Å².